The molecule has 0 amide bonds. The molecule has 0 bridgehead atoms. The van der Waals surface area contributed by atoms with Crippen LogP contribution in [0.2, 0.25) is 0 Å². The lowest BCUT2D eigenvalue weighted by atomic mass is 10.2. The van der Waals surface area contributed by atoms with Gasteiger partial charge in [0.15, 0.2) is 0 Å². The van der Waals surface area contributed by atoms with Crippen molar-refractivity contribution in [3.8, 4) is 12.0 Å². The Bertz CT molecular complexity index is 554. The van der Waals surface area contributed by atoms with Crippen LogP contribution in [-0.2, 0) is 4.74 Å². The Balaban J connectivity index is 1.77. The van der Waals surface area contributed by atoms with E-state index in [9.17, 15) is 0 Å². The van der Waals surface area contributed by atoms with E-state index in [1.54, 1.807) is 0 Å². The molecule has 3 heterocycles. The molecule has 1 saturated heterocycles. The van der Waals surface area contributed by atoms with Gasteiger partial charge in [0, 0.05) is 6.61 Å². The van der Waals surface area contributed by atoms with Gasteiger partial charge in [0.1, 0.15) is 19.3 Å². The van der Waals surface area contributed by atoms with E-state index in [4.69, 9.17) is 15.3 Å². The van der Waals surface area contributed by atoms with Crippen LogP contribution in [-0.4, -0.2) is 49.0 Å². The molecule has 1 atom stereocenters. The van der Waals surface area contributed by atoms with E-state index >= 15 is 0 Å². The summed E-state index contributed by atoms with van der Waals surface area (Å²) in [6.07, 6.45) is 4.95. The van der Waals surface area contributed by atoms with E-state index in [0.717, 1.165) is 19.4 Å². The minimum absolute atomic E-state index is 0.0795. The molecule has 3 rings (SSSR count). The average Bonchev–Trinajstić information content (AvgIpc) is 3.17. The monoisotopic (exact) mass is 278 g/mol. The van der Waals surface area contributed by atoms with Gasteiger partial charge in [-0.15, -0.1) is 0 Å². The Morgan fingerprint density at radius 3 is 3.10 bits per heavy atom. The lowest BCUT2D eigenvalue weighted by Crippen LogP contribution is -2.19. The zero-order valence-corrected chi connectivity index (χ0v) is 10.6. The maximum Gasteiger partial charge on any atom is 0.323 e. The van der Waals surface area contributed by atoms with Gasteiger partial charge in [0.2, 0.25) is 5.95 Å². The fourth-order valence-corrected chi connectivity index (χ4v) is 1.83. The van der Waals surface area contributed by atoms with Crippen molar-refractivity contribution < 1.29 is 9.47 Å². The Labute approximate surface area is 114 Å². The topological polar surface area (TPSA) is 126 Å². The fraction of sp³-hybridized carbons (Fsp3) is 0.500. The van der Waals surface area contributed by atoms with Gasteiger partial charge in [0.25, 0.3) is 5.95 Å². The van der Waals surface area contributed by atoms with Crippen LogP contribution in [0.1, 0.15) is 12.8 Å². The maximum atomic E-state index is 5.53. The van der Waals surface area contributed by atoms with Gasteiger partial charge in [-0.1, -0.05) is 0 Å². The summed E-state index contributed by atoms with van der Waals surface area (Å²) in [6.45, 7) is 1.16. The summed E-state index contributed by atoms with van der Waals surface area (Å²) in [4.78, 5) is 16.1. The van der Waals surface area contributed by atoms with Gasteiger partial charge < -0.3 is 9.47 Å². The zero-order valence-electron chi connectivity index (χ0n) is 10.6. The molecule has 20 heavy (non-hydrogen) atoms. The van der Waals surface area contributed by atoms with Crippen molar-refractivity contribution >= 4 is 5.95 Å². The number of nitrogens with zero attached hydrogens (tertiary/aromatic N) is 6. The first-order chi connectivity index (χ1) is 9.85. The number of nitrogen functional groups attached to an aromatic ring is 1. The minimum Gasteiger partial charge on any atom is -0.461 e. The summed E-state index contributed by atoms with van der Waals surface area (Å²) in [5.74, 6) is 5.79. The summed E-state index contributed by atoms with van der Waals surface area (Å²) >= 11 is 0. The molecule has 3 N–H and O–H groups in total. The number of hydrogen-bond acceptors (Lipinski definition) is 9. The molecular weight excluding hydrogens is 264 g/mol. The first-order valence-corrected chi connectivity index (χ1v) is 6.17. The summed E-state index contributed by atoms with van der Waals surface area (Å²) in [7, 11) is 0. The molecule has 0 radical (unpaired) electrons. The number of anilines is 1. The van der Waals surface area contributed by atoms with Crippen LogP contribution in [0.4, 0.5) is 5.95 Å². The van der Waals surface area contributed by atoms with Crippen LogP contribution in [0.5, 0.6) is 6.01 Å². The summed E-state index contributed by atoms with van der Waals surface area (Å²) in [5.41, 5.74) is 2.36. The zero-order chi connectivity index (χ0) is 13.8. The van der Waals surface area contributed by atoms with E-state index < -0.39 is 0 Å². The van der Waals surface area contributed by atoms with Crippen LogP contribution in [0.15, 0.2) is 12.7 Å². The standard InChI is InChI=1S/C10H14N8O2/c11-17-8-14-9(18-6-12-5-13-18)16-10(15-8)20-4-7-2-1-3-19-7/h5-7H,1-4,11H2,(H,14,15,16,17). The first-order valence-electron chi connectivity index (χ1n) is 6.17. The second kappa shape index (κ2) is 5.75. The second-order valence-electron chi connectivity index (χ2n) is 4.17. The molecule has 1 aliphatic rings. The smallest absolute Gasteiger partial charge is 0.323 e. The summed E-state index contributed by atoms with van der Waals surface area (Å²) < 4.78 is 12.4. The molecule has 0 aliphatic carbocycles. The van der Waals surface area contributed by atoms with Crippen molar-refractivity contribution in [2.75, 3.05) is 18.6 Å². The predicted molar refractivity (Wildman–Crippen MR) is 67.0 cm³/mol. The lowest BCUT2D eigenvalue weighted by molar-refractivity contribution is 0.0644. The van der Waals surface area contributed by atoms with Crippen molar-refractivity contribution in [3.05, 3.63) is 12.7 Å². The van der Waals surface area contributed by atoms with Gasteiger partial charge in [-0.05, 0) is 12.8 Å². The van der Waals surface area contributed by atoms with E-state index in [0.29, 0.717) is 6.61 Å². The second-order valence-corrected chi connectivity index (χ2v) is 4.17. The molecule has 1 fully saturated rings. The first kappa shape index (κ1) is 12.7. The molecule has 0 spiro atoms. The van der Waals surface area contributed by atoms with E-state index in [1.807, 2.05) is 0 Å². The van der Waals surface area contributed by atoms with Gasteiger partial charge in [-0.25, -0.2) is 10.8 Å². The molecule has 106 valence electrons. The van der Waals surface area contributed by atoms with Crippen molar-refractivity contribution in [2.24, 2.45) is 5.84 Å². The van der Waals surface area contributed by atoms with Crippen molar-refractivity contribution in [1.29, 1.82) is 0 Å². The van der Waals surface area contributed by atoms with E-state index in [2.05, 4.69) is 30.5 Å². The summed E-state index contributed by atoms with van der Waals surface area (Å²) in [5, 5.41) is 3.94. The molecule has 0 saturated carbocycles. The average molecular weight is 278 g/mol. The molecule has 1 unspecified atom stereocenters. The Morgan fingerprint density at radius 1 is 1.45 bits per heavy atom. The molecule has 2 aromatic rings. The Morgan fingerprint density at radius 2 is 2.40 bits per heavy atom. The normalized spacial score (nSPS) is 18.1. The van der Waals surface area contributed by atoms with Gasteiger partial charge in [0.05, 0.1) is 6.10 Å². The number of aromatic nitrogens is 6. The number of hydrogen-bond donors (Lipinski definition) is 2. The van der Waals surface area contributed by atoms with Crippen LogP contribution < -0.4 is 16.0 Å². The van der Waals surface area contributed by atoms with Crippen molar-refractivity contribution in [3.63, 3.8) is 0 Å². The van der Waals surface area contributed by atoms with Crippen LogP contribution in [0, 0.1) is 0 Å². The van der Waals surface area contributed by atoms with Gasteiger partial charge >= 0.3 is 6.01 Å². The molecule has 10 heteroatoms. The number of hydrazine groups is 1. The van der Waals surface area contributed by atoms with Gasteiger partial charge in [-0.3, -0.25) is 5.43 Å². The third-order valence-electron chi connectivity index (χ3n) is 2.78. The minimum atomic E-state index is 0.0795. The third-order valence-corrected chi connectivity index (χ3v) is 2.78. The SMILES string of the molecule is NNc1nc(OCC2CCCO2)nc(-n2cncn2)n1. The molecule has 10 nitrogen and oxygen atoms in total. The molecular formula is C10H14N8O2. The number of nitrogens with two attached hydrogens (primary N) is 1. The largest absolute Gasteiger partial charge is 0.461 e. The number of nitrogens with one attached hydrogen (secondary N) is 1. The van der Waals surface area contributed by atoms with Crippen LogP contribution in [0.25, 0.3) is 5.95 Å². The highest BCUT2D eigenvalue weighted by Crippen LogP contribution is 2.14. The molecule has 0 aromatic carbocycles. The fourth-order valence-electron chi connectivity index (χ4n) is 1.83. The Kier molecular flexibility index (Phi) is 3.65. The number of ether oxygens (including phenoxy) is 2. The quantitative estimate of drug-likeness (QED) is 0.539. The van der Waals surface area contributed by atoms with Crippen molar-refractivity contribution in [2.45, 2.75) is 18.9 Å². The van der Waals surface area contributed by atoms with E-state index in [-0.39, 0.29) is 24.0 Å². The van der Waals surface area contributed by atoms with Crippen LogP contribution in [0.3, 0.4) is 0 Å². The highest BCUT2D eigenvalue weighted by Gasteiger charge is 2.17. The molecule has 2 aromatic heterocycles. The van der Waals surface area contributed by atoms with E-state index in [1.165, 1.54) is 17.3 Å². The highest BCUT2D eigenvalue weighted by atomic mass is 16.5. The lowest BCUT2D eigenvalue weighted by Gasteiger charge is -2.11. The highest BCUT2D eigenvalue weighted by molar-refractivity contribution is 5.28. The number of rotatable bonds is 5. The summed E-state index contributed by atoms with van der Waals surface area (Å²) in [6, 6.07) is 0.161. The van der Waals surface area contributed by atoms with Crippen molar-refractivity contribution in [1.82, 2.24) is 29.7 Å². The molecule has 1 aliphatic heterocycles. The maximum absolute atomic E-state index is 5.53. The third kappa shape index (κ3) is 2.81. The Hall–Kier alpha value is -2.33. The predicted octanol–water partition coefficient (Wildman–Crippen LogP) is -0.704. The van der Waals surface area contributed by atoms with Crippen LogP contribution >= 0.6 is 0 Å². The van der Waals surface area contributed by atoms with Gasteiger partial charge in [-0.2, -0.15) is 24.7 Å².